The fourth-order valence-electron chi connectivity index (χ4n) is 8.56. The number of benzene rings is 2. The van der Waals surface area contributed by atoms with Crippen LogP contribution in [-0.4, -0.2) is 68.3 Å². The molecule has 12 heteroatoms. The molecule has 1 aliphatic heterocycles. The number of aromatic nitrogens is 1. The third kappa shape index (κ3) is 12.7. The van der Waals surface area contributed by atoms with E-state index in [9.17, 15) is 39.2 Å². The summed E-state index contributed by atoms with van der Waals surface area (Å²) in [6.07, 6.45) is 11.1. The molecule has 10 nitrogen and oxygen atoms in total. The molecule has 1 fully saturated rings. The van der Waals surface area contributed by atoms with Crippen LogP contribution >= 0.6 is 0 Å². The van der Waals surface area contributed by atoms with Gasteiger partial charge in [0.2, 0.25) is 0 Å². The van der Waals surface area contributed by atoms with Crippen molar-refractivity contribution in [3.8, 4) is 11.1 Å². The van der Waals surface area contributed by atoms with E-state index >= 15 is 0 Å². The molecule has 3 N–H and O–H groups in total. The second-order valence-electron chi connectivity index (χ2n) is 16.4. The average Bonchev–Trinajstić information content (AvgIpc) is 3.50. The van der Waals surface area contributed by atoms with Gasteiger partial charge in [0, 0.05) is 59.4 Å². The van der Waals surface area contributed by atoms with Gasteiger partial charge in [-0.15, -0.1) is 0 Å². The van der Waals surface area contributed by atoms with Gasteiger partial charge in [0.15, 0.2) is 0 Å². The van der Waals surface area contributed by atoms with Crippen LogP contribution in [0.1, 0.15) is 104 Å². The average molecular weight is 824 g/mol. The minimum Gasteiger partial charge on any atom is -0.550 e. The normalized spacial score (nSPS) is 24.2. The Morgan fingerprint density at radius 3 is 2.46 bits per heavy atom. The zero-order valence-electron chi connectivity index (χ0n) is 35.3. The fraction of sp³-hybridized carbons (Fsp3) is 0.511. The summed E-state index contributed by atoms with van der Waals surface area (Å²) >= 11 is 0. The van der Waals surface area contributed by atoms with E-state index in [1.165, 1.54) is 17.7 Å². The van der Waals surface area contributed by atoms with Gasteiger partial charge in [-0.3, -0.25) is 9.59 Å². The Labute approximate surface area is 369 Å². The predicted octanol–water partition coefficient (Wildman–Crippen LogP) is 4.25. The van der Waals surface area contributed by atoms with Crippen molar-refractivity contribution in [2.24, 2.45) is 23.7 Å². The number of para-hydroxylation sites is 1. The summed E-state index contributed by atoms with van der Waals surface area (Å²) in [5.41, 5.74) is 4.89. The second-order valence-corrected chi connectivity index (χ2v) is 16.4. The van der Waals surface area contributed by atoms with Crippen LogP contribution in [0.25, 0.3) is 28.1 Å². The van der Waals surface area contributed by atoms with E-state index in [4.69, 9.17) is 9.47 Å². The van der Waals surface area contributed by atoms with Gasteiger partial charge >= 0.3 is 41.5 Å². The van der Waals surface area contributed by atoms with Gasteiger partial charge in [-0.2, -0.15) is 0 Å². The molecule has 0 radical (unpaired) electrons. The molecule has 9 atom stereocenters. The standard InChI is InChI=1S/C24H26FNO4.C23H34O5.Na/c1-15(2)26-21-6-4-3-5-20(21)24(16-7-9-17(25)10-8-16)22(26)12-11-18(27)13-19(28)14-23(29)30;1-4-14(2)23(26)28-20-7-5-6-16-9-8-15(3)19(22(16)20)11-10-18-12-17(24)13-21(25)27-18;/h3-12,15,18-19,27-28H,13-14H2,1-2H3,(H,29,30);6,8-9,14-15,17-20,22,24H,4-5,7,10-13H2,1-3H3;/q;;+1/p-1/b12-11+;;/t18-,19-;14-,15-,17+,18+,19-,20-,22-;/m10./s1. The zero-order chi connectivity index (χ0) is 42.1. The fourth-order valence-corrected chi connectivity index (χ4v) is 8.56. The number of carboxylic acid groups (broad SMARTS) is 1. The number of aliphatic hydroxyl groups excluding tert-OH is 3. The number of aliphatic carboxylic acids is 1. The summed E-state index contributed by atoms with van der Waals surface area (Å²) in [6.45, 7) is 10.2. The first-order valence-corrected chi connectivity index (χ1v) is 20.8. The number of halogens is 1. The molecule has 0 saturated carbocycles. The number of hydrogen-bond acceptors (Lipinski definition) is 9. The summed E-state index contributed by atoms with van der Waals surface area (Å²) in [6, 6.07) is 14.3. The molecular formula is C47H59FNNaO9. The van der Waals surface area contributed by atoms with Crippen LogP contribution in [0.4, 0.5) is 4.39 Å². The number of allylic oxidation sites excluding steroid dienone is 3. The number of cyclic esters (lactones) is 1. The van der Waals surface area contributed by atoms with Crippen LogP contribution in [0, 0.1) is 29.5 Å². The molecule has 3 aliphatic rings. The monoisotopic (exact) mass is 823 g/mol. The first kappa shape index (κ1) is 48.1. The maximum absolute atomic E-state index is 13.5. The van der Waals surface area contributed by atoms with E-state index in [0.29, 0.717) is 18.3 Å². The molecule has 314 valence electrons. The summed E-state index contributed by atoms with van der Waals surface area (Å²) < 4.78 is 27.0. The van der Waals surface area contributed by atoms with Crippen LogP contribution in [0.5, 0.6) is 0 Å². The van der Waals surface area contributed by atoms with Gasteiger partial charge in [-0.25, -0.2) is 4.39 Å². The number of rotatable bonds is 14. The first-order chi connectivity index (χ1) is 27.7. The van der Waals surface area contributed by atoms with E-state index in [1.807, 2.05) is 38.1 Å². The Bertz CT molecular complexity index is 1970. The molecule has 6 rings (SSSR count). The van der Waals surface area contributed by atoms with Crippen LogP contribution in [0.3, 0.4) is 0 Å². The summed E-state index contributed by atoms with van der Waals surface area (Å²) in [5, 5.41) is 41.5. The minimum atomic E-state index is -1.36. The van der Waals surface area contributed by atoms with Crippen molar-refractivity contribution >= 4 is 34.9 Å². The molecule has 1 saturated heterocycles. The SMILES string of the molecule is CC(C)n1c(/C=C/[C@@H](O)C[C@@H](O)CC(=O)[O-])c(-c2ccc(F)cc2)c2ccccc21.CC[C@H](C)C(=O)O[C@H]1CCC=C2C=C[C@H](C)[C@H](CC[C@@H]3C[C@@H](O)CC(=O)O3)[C@H]21.[Na+]. The quantitative estimate of drug-likeness (QED) is 0.160. The molecule has 3 aromatic rings. The number of hydrogen-bond donors (Lipinski definition) is 3. The number of carboxylic acids is 1. The molecule has 0 amide bonds. The smallest absolute Gasteiger partial charge is 0.550 e. The number of nitrogens with zero attached hydrogens (tertiary/aromatic N) is 1. The third-order valence-electron chi connectivity index (χ3n) is 11.7. The number of aliphatic hydroxyl groups is 3. The van der Waals surface area contributed by atoms with Gasteiger partial charge in [-0.1, -0.05) is 75.4 Å². The second kappa shape index (κ2) is 22.3. The topological polar surface area (TPSA) is 158 Å². The van der Waals surface area contributed by atoms with Crippen LogP contribution in [0.15, 0.2) is 78.4 Å². The summed E-state index contributed by atoms with van der Waals surface area (Å²) in [4.78, 5) is 34.7. The van der Waals surface area contributed by atoms with Gasteiger partial charge in [0.1, 0.15) is 18.0 Å². The summed E-state index contributed by atoms with van der Waals surface area (Å²) in [7, 11) is 0. The molecular weight excluding hydrogens is 765 g/mol. The van der Waals surface area contributed by atoms with Crippen LogP contribution < -0.4 is 34.7 Å². The molecule has 2 aromatic carbocycles. The van der Waals surface area contributed by atoms with Crippen molar-refractivity contribution in [3.63, 3.8) is 0 Å². The molecule has 0 unspecified atom stereocenters. The molecule has 0 spiro atoms. The van der Waals surface area contributed by atoms with E-state index in [2.05, 4.69) is 43.6 Å². The largest absolute Gasteiger partial charge is 1.00 e. The molecule has 2 aliphatic carbocycles. The Hall–Kier alpha value is -3.58. The van der Waals surface area contributed by atoms with E-state index in [1.54, 1.807) is 24.3 Å². The van der Waals surface area contributed by atoms with Crippen molar-refractivity contribution in [1.29, 1.82) is 0 Å². The Morgan fingerprint density at radius 1 is 1.08 bits per heavy atom. The molecule has 59 heavy (non-hydrogen) atoms. The van der Waals surface area contributed by atoms with E-state index in [0.717, 1.165) is 59.8 Å². The van der Waals surface area contributed by atoms with Gasteiger partial charge in [-0.05, 0) is 93.2 Å². The van der Waals surface area contributed by atoms with Crippen molar-refractivity contribution in [2.45, 2.75) is 129 Å². The van der Waals surface area contributed by atoms with Crippen molar-refractivity contribution < 1.29 is 78.2 Å². The van der Waals surface area contributed by atoms with E-state index < -0.39 is 30.7 Å². The predicted molar refractivity (Wildman–Crippen MR) is 219 cm³/mol. The Balaban J connectivity index is 0.000000257. The summed E-state index contributed by atoms with van der Waals surface area (Å²) in [5.74, 6) is -1.26. The van der Waals surface area contributed by atoms with Crippen molar-refractivity contribution in [1.82, 2.24) is 4.57 Å². The van der Waals surface area contributed by atoms with Gasteiger partial charge < -0.3 is 39.3 Å². The maximum atomic E-state index is 13.5. The number of carbonyl (C=O) groups excluding carboxylic acids is 3. The minimum absolute atomic E-state index is 0. The molecule has 1 aromatic heterocycles. The van der Waals surface area contributed by atoms with E-state index in [-0.39, 0.29) is 90.2 Å². The number of esters is 2. The van der Waals surface area contributed by atoms with Crippen LogP contribution in [0.2, 0.25) is 0 Å². The van der Waals surface area contributed by atoms with Gasteiger partial charge in [0.25, 0.3) is 0 Å². The third-order valence-corrected chi connectivity index (χ3v) is 11.7. The van der Waals surface area contributed by atoms with Crippen LogP contribution in [-0.2, 0) is 23.9 Å². The Kier molecular flexibility index (Phi) is 18.2. The zero-order valence-corrected chi connectivity index (χ0v) is 37.3. The molecule has 0 bridgehead atoms. The maximum Gasteiger partial charge on any atom is 1.00 e. The number of fused-ring (bicyclic) bond motifs is 2. The molecule has 2 heterocycles. The van der Waals surface area contributed by atoms with Crippen molar-refractivity contribution in [2.75, 3.05) is 0 Å². The van der Waals surface area contributed by atoms with Gasteiger partial charge in [0.05, 0.1) is 30.7 Å². The Morgan fingerprint density at radius 2 is 1.80 bits per heavy atom. The first-order valence-electron chi connectivity index (χ1n) is 20.8. The number of carbonyl (C=O) groups is 3. The number of ether oxygens (including phenoxy) is 2. The van der Waals surface area contributed by atoms with Crippen molar-refractivity contribution in [3.05, 3.63) is 89.9 Å².